The van der Waals surface area contributed by atoms with Crippen LogP contribution in [-0.4, -0.2) is 29.7 Å². The van der Waals surface area contributed by atoms with Crippen molar-refractivity contribution in [2.75, 3.05) is 13.2 Å². The molecule has 4 nitrogen and oxygen atoms in total. The molecule has 1 aliphatic rings. The number of nitrogens with zero attached hydrogens (tertiary/aromatic N) is 1. The van der Waals surface area contributed by atoms with Crippen molar-refractivity contribution in [2.24, 2.45) is 0 Å². The molecule has 0 bridgehead atoms. The molecule has 25 heavy (non-hydrogen) atoms. The predicted octanol–water partition coefficient (Wildman–Crippen LogP) is 3.94. The van der Waals surface area contributed by atoms with Gasteiger partial charge in [0.05, 0.1) is 6.04 Å². The maximum Gasteiger partial charge on any atom is 0.261 e. The molecule has 1 amide bonds. The van der Waals surface area contributed by atoms with E-state index in [9.17, 15) is 9.59 Å². The average Bonchev–Trinajstić information content (AvgIpc) is 3.10. The van der Waals surface area contributed by atoms with E-state index in [1.54, 1.807) is 24.3 Å². The number of benzene rings is 2. The van der Waals surface area contributed by atoms with Crippen LogP contribution in [0.2, 0.25) is 0 Å². The minimum atomic E-state index is -0.0178. The van der Waals surface area contributed by atoms with Gasteiger partial charge in [-0.3, -0.25) is 9.59 Å². The summed E-state index contributed by atoms with van der Waals surface area (Å²) in [5, 5.41) is 0. The Kier molecular flexibility index (Phi) is 5.17. The van der Waals surface area contributed by atoms with E-state index in [2.05, 4.69) is 31.2 Å². The van der Waals surface area contributed by atoms with Crippen molar-refractivity contribution >= 4 is 11.7 Å². The lowest BCUT2D eigenvalue weighted by molar-refractivity contribution is -0.134. The first-order valence-corrected chi connectivity index (χ1v) is 8.64. The van der Waals surface area contributed by atoms with Gasteiger partial charge in [-0.1, -0.05) is 42.0 Å². The first kappa shape index (κ1) is 17.2. The first-order valence-electron chi connectivity index (χ1n) is 8.64. The molecule has 0 radical (unpaired) electrons. The van der Waals surface area contributed by atoms with Crippen LogP contribution < -0.4 is 4.74 Å². The third kappa shape index (κ3) is 4.08. The topological polar surface area (TPSA) is 46.6 Å². The Morgan fingerprint density at radius 3 is 2.64 bits per heavy atom. The molecule has 3 rings (SSSR count). The summed E-state index contributed by atoms with van der Waals surface area (Å²) in [6.45, 7) is 4.32. The summed E-state index contributed by atoms with van der Waals surface area (Å²) in [5.41, 5.74) is 2.98. The zero-order valence-electron chi connectivity index (χ0n) is 14.7. The van der Waals surface area contributed by atoms with Crippen molar-refractivity contribution in [2.45, 2.75) is 32.7 Å². The van der Waals surface area contributed by atoms with Gasteiger partial charge in [-0.2, -0.15) is 0 Å². The number of hydrogen-bond acceptors (Lipinski definition) is 3. The molecule has 1 heterocycles. The number of carbonyl (C=O) groups excluding carboxylic acids is 2. The molecule has 130 valence electrons. The molecule has 0 N–H and O–H groups in total. The van der Waals surface area contributed by atoms with E-state index in [1.165, 1.54) is 18.1 Å². The normalized spacial score (nSPS) is 16.7. The quantitative estimate of drug-likeness (QED) is 0.776. The monoisotopic (exact) mass is 337 g/mol. The fourth-order valence-corrected chi connectivity index (χ4v) is 3.23. The molecular weight excluding hydrogens is 314 g/mol. The third-order valence-electron chi connectivity index (χ3n) is 4.64. The fraction of sp³-hybridized carbons (Fsp3) is 0.333. The highest BCUT2D eigenvalue weighted by molar-refractivity contribution is 5.94. The molecular formula is C21H23NO3. The summed E-state index contributed by atoms with van der Waals surface area (Å²) in [4.78, 5) is 26.0. The van der Waals surface area contributed by atoms with Crippen LogP contribution in [0.1, 0.15) is 47.3 Å². The number of Topliss-reactive ketones (excluding diaryl/α,β-unsaturated/α-hetero) is 1. The number of amides is 1. The SMILES string of the molecule is CC(=O)c1cccc(OCC(=O)N2CCCC2c2ccc(C)cc2)c1. The Morgan fingerprint density at radius 2 is 1.92 bits per heavy atom. The summed E-state index contributed by atoms with van der Waals surface area (Å²) in [6, 6.07) is 15.4. The van der Waals surface area contributed by atoms with Crippen molar-refractivity contribution in [3.63, 3.8) is 0 Å². The number of aryl methyl sites for hydroxylation is 1. The van der Waals surface area contributed by atoms with Gasteiger partial charge in [0.25, 0.3) is 5.91 Å². The number of ether oxygens (including phenoxy) is 1. The maximum absolute atomic E-state index is 12.6. The Balaban J connectivity index is 1.65. The van der Waals surface area contributed by atoms with Gasteiger partial charge in [-0.25, -0.2) is 0 Å². The Bertz CT molecular complexity index is 767. The van der Waals surface area contributed by atoms with Crippen LogP contribution in [-0.2, 0) is 4.79 Å². The Morgan fingerprint density at radius 1 is 1.16 bits per heavy atom. The Hall–Kier alpha value is -2.62. The second-order valence-electron chi connectivity index (χ2n) is 6.53. The van der Waals surface area contributed by atoms with Gasteiger partial charge in [0, 0.05) is 12.1 Å². The minimum Gasteiger partial charge on any atom is -0.484 e. The molecule has 0 aromatic heterocycles. The van der Waals surface area contributed by atoms with E-state index in [1.807, 2.05) is 4.90 Å². The van der Waals surface area contributed by atoms with Crippen LogP contribution in [0.5, 0.6) is 5.75 Å². The van der Waals surface area contributed by atoms with Crippen molar-refractivity contribution in [1.82, 2.24) is 4.90 Å². The van der Waals surface area contributed by atoms with Gasteiger partial charge < -0.3 is 9.64 Å². The third-order valence-corrected chi connectivity index (χ3v) is 4.64. The van der Waals surface area contributed by atoms with E-state index in [0.717, 1.165) is 19.4 Å². The van der Waals surface area contributed by atoms with Crippen molar-refractivity contribution < 1.29 is 14.3 Å². The van der Waals surface area contributed by atoms with Gasteiger partial charge in [-0.05, 0) is 44.4 Å². The van der Waals surface area contributed by atoms with E-state index in [4.69, 9.17) is 4.74 Å². The van der Waals surface area contributed by atoms with Gasteiger partial charge in [-0.15, -0.1) is 0 Å². The van der Waals surface area contributed by atoms with E-state index in [-0.39, 0.29) is 24.3 Å². The van der Waals surface area contributed by atoms with Crippen LogP contribution in [0.25, 0.3) is 0 Å². The van der Waals surface area contributed by atoms with Crippen molar-refractivity contribution in [3.8, 4) is 5.75 Å². The summed E-state index contributed by atoms with van der Waals surface area (Å²) in [5.74, 6) is 0.513. The molecule has 4 heteroatoms. The molecule has 1 fully saturated rings. The summed E-state index contributed by atoms with van der Waals surface area (Å²) < 4.78 is 5.63. The predicted molar refractivity (Wildman–Crippen MR) is 96.8 cm³/mol. The molecule has 2 aromatic rings. The van der Waals surface area contributed by atoms with Crippen molar-refractivity contribution in [3.05, 3.63) is 65.2 Å². The van der Waals surface area contributed by atoms with E-state index >= 15 is 0 Å². The lowest BCUT2D eigenvalue weighted by Gasteiger charge is -2.25. The maximum atomic E-state index is 12.6. The summed E-state index contributed by atoms with van der Waals surface area (Å²) in [6.07, 6.45) is 1.98. The highest BCUT2D eigenvalue weighted by atomic mass is 16.5. The molecule has 0 aliphatic carbocycles. The molecule has 1 atom stereocenters. The smallest absolute Gasteiger partial charge is 0.261 e. The summed E-state index contributed by atoms with van der Waals surface area (Å²) >= 11 is 0. The summed E-state index contributed by atoms with van der Waals surface area (Å²) in [7, 11) is 0. The minimum absolute atomic E-state index is 0.0102. The highest BCUT2D eigenvalue weighted by Gasteiger charge is 2.29. The first-order chi connectivity index (χ1) is 12.0. The molecule has 1 unspecified atom stereocenters. The molecule has 1 saturated heterocycles. The molecule has 1 aliphatic heterocycles. The molecule has 0 spiro atoms. The number of hydrogen-bond donors (Lipinski definition) is 0. The Labute approximate surface area is 148 Å². The molecule has 2 aromatic carbocycles. The number of rotatable bonds is 5. The molecule has 0 saturated carbocycles. The lowest BCUT2D eigenvalue weighted by Crippen LogP contribution is -2.34. The van der Waals surface area contributed by atoms with Gasteiger partial charge in [0.2, 0.25) is 0 Å². The lowest BCUT2D eigenvalue weighted by atomic mass is 10.0. The largest absolute Gasteiger partial charge is 0.484 e. The number of carbonyl (C=O) groups is 2. The van der Waals surface area contributed by atoms with Gasteiger partial charge >= 0.3 is 0 Å². The standard InChI is InChI=1S/C21H23NO3/c1-15-8-10-17(11-9-15)20-7-4-12-22(20)21(24)14-25-19-6-3-5-18(13-19)16(2)23/h3,5-6,8-11,13,20H,4,7,12,14H2,1-2H3. The van der Waals surface area contributed by atoms with E-state index < -0.39 is 0 Å². The van der Waals surface area contributed by atoms with Gasteiger partial charge in [0.15, 0.2) is 12.4 Å². The fourth-order valence-electron chi connectivity index (χ4n) is 3.23. The zero-order chi connectivity index (χ0) is 17.8. The highest BCUT2D eigenvalue weighted by Crippen LogP contribution is 2.32. The average molecular weight is 337 g/mol. The van der Waals surface area contributed by atoms with Crippen LogP contribution in [0, 0.1) is 6.92 Å². The second kappa shape index (κ2) is 7.51. The van der Waals surface area contributed by atoms with Crippen molar-refractivity contribution in [1.29, 1.82) is 0 Å². The van der Waals surface area contributed by atoms with Crippen LogP contribution in [0.3, 0.4) is 0 Å². The van der Waals surface area contributed by atoms with Gasteiger partial charge in [0.1, 0.15) is 5.75 Å². The number of likely N-dealkylation sites (tertiary alicyclic amines) is 1. The van der Waals surface area contributed by atoms with Crippen LogP contribution in [0.4, 0.5) is 0 Å². The second-order valence-corrected chi connectivity index (χ2v) is 6.53. The van der Waals surface area contributed by atoms with Crippen LogP contribution >= 0.6 is 0 Å². The van der Waals surface area contributed by atoms with E-state index in [0.29, 0.717) is 11.3 Å². The van der Waals surface area contributed by atoms with Crippen LogP contribution in [0.15, 0.2) is 48.5 Å². The zero-order valence-corrected chi connectivity index (χ0v) is 14.7. The number of ketones is 1.